The number of carbonyl (C=O) groups excluding carboxylic acids is 1. The highest BCUT2D eigenvalue weighted by atomic mass is 16.5. The molecule has 34 heavy (non-hydrogen) atoms. The minimum Gasteiger partial charge on any atom is -0.491 e. The number of nitrogens with one attached hydrogen (secondary N) is 3. The number of fused-ring (bicyclic) bond motifs is 1. The zero-order valence-electron chi connectivity index (χ0n) is 18.8. The van der Waals surface area contributed by atoms with Crippen LogP contribution in [0.4, 0.5) is 16.4 Å². The molecule has 4 aromatic rings. The SMILES string of the molecule is COCCOc1ccc(Nc2ncc3[nH]c(CCNC(=O)OCc4ccccc4)nc3n2)cc1. The molecule has 0 spiro atoms. The first-order valence-corrected chi connectivity index (χ1v) is 10.8. The van der Waals surface area contributed by atoms with Gasteiger partial charge in [0, 0.05) is 25.8 Å². The van der Waals surface area contributed by atoms with Gasteiger partial charge in [-0.25, -0.2) is 14.8 Å². The summed E-state index contributed by atoms with van der Waals surface area (Å²) >= 11 is 0. The number of anilines is 2. The van der Waals surface area contributed by atoms with E-state index < -0.39 is 6.09 Å². The van der Waals surface area contributed by atoms with E-state index in [1.807, 2.05) is 54.6 Å². The number of hydrogen-bond acceptors (Lipinski definition) is 8. The van der Waals surface area contributed by atoms with Crippen LogP contribution in [0.3, 0.4) is 0 Å². The second-order valence-electron chi connectivity index (χ2n) is 7.34. The predicted octanol–water partition coefficient (Wildman–Crippen LogP) is 3.59. The van der Waals surface area contributed by atoms with E-state index in [2.05, 4.69) is 30.6 Å². The number of benzene rings is 2. The highest BCUT2D eigenvalue weighted by Crippen LogP contribution is 2.19. The molecule has 0 saturated carbocycles. The van der Waals surface area contributed by atoms with E-state index in [0.29, 0.717) is 49.1 Å². The van der Waals surface area contributed by atoms with E-state index in [4.69, 9.17) is 14.2 Å². The molecule has 0 radical (unpaired) electrons. The van der Waals surface area contributed by atoms with Crippen LogP contribution in [0.5, 0.6) is 5.75 Å². The number of ether oxygens (including phenoxy) is 3. The molecular weight excluding hydrogens is 436 g/mol. The Balaban J connectivity index is 1.26. The average Bonchev–Trinajstić information content (AvgIpc) is 3.27. The van der Waals surface area contributed by atoms with E-state index in [-0.39, 0.29) is 6.61 Å². The maximum Gasteiger partial charge on any atom is 0.407 e. The molecule has 2 heterocycles. The predicted molar refractivity (Wildman–Crippen MR) is 127 cm³/mol. The van der Waals surface area contributed by atoms with Gasteiger partial charge >= 0.3 is 6.09 Å². The van der Waals surface area contributed by atoms with Crippen molar-refractivity contribution in [2.24, 2.45) is 0 Å². The molecule has 4 rings (SSSR count). The normalized spacial score (nSPS) is 10.7. The molecule has 0 aliphatic carbocycles. The number of methoxy groups -OCH3 is 1. The van der Waals surface area contributed by atoms with Gasteiger partial charge in [-0.2, -0.15) is 4.98 Å². The lowest BCUT2D eigenvalue weighted by molar-refractivity contribution is 0.140. The molecule has 0 unspecified atom stereocenters. The third kappa shape index (κ3) is 6.66. The Hall–Kier alpha value is -4.18. The molecule has 10 nitrogen and oxygen atoms in total. The van der Waals surface area contributed by atoms with E-state index in [1.54, 1.807) is 13.3 Å². The van der Waals surface area contributed by atoms with Crippen LogP contribution in [0, 0.1) is 0 Å². The third-order valence-electron chi connectivity index (χ3n) is 4.80. The monoisotopic (exact) mass is 462 g/mol. The smallest absolute Gasteiger partial charge is 0.407 e. The number of nitrogens with zero attached hydrogens (tertiary/aromatic N) is 3. The van der Waals surface area contributed by atoms with Gasteiger partial charge in [0.1, 0.15) is 30.3 Å². The van der Waals surface area contributed by atoms with Crippen molar-refractivity contribution in [2.45, 2.75) is 13.0 Å². The van der Waals surface area contributed by atoms with E-state index in [1.165, 1.54) is 0 Å². The Labute approximate surface area is 196 Å². The maximum absolute atomic E-state index is 11.9. The van der Waals surface area contributed by atoms with Gasteiger partial charge in [-0.15, -0.1) is 0 Å². The summed E-state index contributed by atoms with van der Waals surface area (Å²) in [7, 11) is 1.64. The summed E-state index contributed by atoms with van der Waals surface area (Å²) in [6.45, 7) is 1.64. The zero-order valence-corrected chi connectivity index (χ0v) is 18.8. The van der Waals surface area contributed by atoms with Crippen molar-refractivity contribution in [1.82, 2.24) is 25.3 Å². The number of H-pyrrole nitrogens is 1. The van der Waals surface area contributed by atoms with Crippen LogP contribution >= 0.6 is 0 Å². The van der Waals surface area contributed by atoms with E-state index >= 15 is 0 Å². The molecule has 2 aromatic heterocycles. The lowest BCUT2D eigenvalue weighted by atomic mass is 10.2. The van der Waals surface area contributed by atoms with Crippen LogP contribution < -0.4 is 15.4 Å². The van der Waals surface area contributed by atoms with Gasteiger partial charge in [-0.3, -0.25) is 0 Å². The highest BCUT2D eigenvalue weighted by Gasteiger charge is 2.08. The van der Waals surface area contributed by atoms with Crippen molar-refractivity contribution in [2.75, 3.05) is 32.2 Å². The molecule has 0 aliphatic rings. The van der Waals surface area contributed by atoms with Crippen molar-refractivity contribution < 1.29 is 19.0 Å². The van der Waals surface area contributed by atoms with Gasteiger partial charge in [-0.05, 0) is 29.8 Å². The van der Waals surface area contributed by atoms with Crippen LogP contribution in [-0.4, -0.2) is 52.9 Å². The summed E-state index contributed by atoms with van der Waals surface area (Å²) in [4.78, 5) is 28.3. The average molecular weight is 463 g/mol. The fourth-order valence-electron chi connectivity index (χ4n) is 3.10. The standard InChI is InChI=1S/C24H26N6O4/c1-32-13-14-33-19-9-7-18(8-10-19)27-23-26-15-20-22(30-23)29-21(28-20)11-12-25-24(31)34-16-17-5-3-2-4-6-17/h2-10,15H,11-14,16H2,1H3,(H,25,31)(H2,26,27,28,29,30). The highest BCUT2D eigenvalue weighted by molar-refractivity contribution is 5.72. The first-order valence-electron chi connectivity index (χ1n) is 10.8. The lowest BCUT2D eigenvalue weighted by Crippen LogP contribution is -2.26. The molecule has 2 aromatic carbocycles. The Morgan fingerprint density at radius 3 is 2.65 bits per heavy atom. The molecule has 0 atom stereocenters. The van der Waals surface area contributed by atoms with Gasteiger partial charge in [0.15, 0.2) is 5.65 Å². The van der Waals surface area contributed by atoms with E-state index in [0.717, 1.165) is 17.0 Å². The fourth-order valence-corrected chi connectivity index (χ4v) is 3.10. The van der Waals surface area contributed by atoms with E-state index in [9.17, 15) is 4.79 Å². The number of amides is 1. The summed E-state index contributed by atoms with van der Waals surface area (Å²) < 4.78 is 15.7. The minimum atomic E-state index is -0.471. The van der Waals surface area contributed by atoms with Crippen LogP contribution in [0.1, 0.15) is 11.4 Å². The van der Waals surface area contributed by atoms with Crippen LogP contribution in [-0.2, 0) is 22.5 Å². The quantitative estimate of drug-likeness (QED) is 0.289. The second kappa shape index (κ2) is 11.6. The van der Waals surface area contributed by atoms with Crippen molar-refractivity contribution >= 4 is 28.9 Å². The van der Waals surface area contributed by atoms with Crippen molar-refractivity contribution in [3.63, 3.8) is 0 Å². The molecular formula is C24H26N6O4. The number of carbonyl (C=O) groups is 1. The maximum atomic E-state index is 11.9. The van der Waals surface area contributed by atoms with Crippen molar-refractivity contribution in [3.05, 3.63) is 72.2 Å². The summed E-state index contributed by atoms with van der Waals surface area (Å²) in [5.41, 5.74) is 3.02. The molecule has 0 aliphatic heterocycles. The summed E-state index contributed by atoms with van der Waals surface area (Å²) in [6, 6.07) is 17.0. The van der Waals surface area contributed by atoms with Crippen molar-refractivity contribution in [3.8, 4) is 5.75 Å². The fraction of sp³-hybridized carbons (Fsp3) is 0.250. The van der Waals surface area contributed by atoms with Crippen LogP contribution in [0.15, 0.2) is 60.8 Å². The second-order valence-corrected chi connectivity index (χ2v) is 7.34. The molecule has 1 amide bonds. The van der Waals surface area contributed by atoms with Gasteiger partial charge in [0.05, 0.1) is 12.8 Å². The Bertz CT molecular complexity index is 1200. The van der Waals surface area contributed by atoms with Gasteiger partial charge in [0.25, 0.3) is 0 Å². The Morgan fingerprint density at radius 1 is 1.03 bits per heavy atom. The number of aromatic nitrogens is 4. The largest absolute Gasteiger partial charge is 0.491 e. The Kier molecular flexibility index (Phi) is 7.86. The topological polar surface area (TPSA) is 123 Å². The molecule has 0 bridgehead atoms. The molecule has 0 saturated heterocycles. The van der Waals surface area contributed by atoms with Gasteiger partial charge in [0.2, 0.25) is 5.95 Å². The van der Waals surface area contributed by atoms with Crippen LogP contribution in [0.25, 0.3) is 11.2 Å². The Morgan fingerprint density at radius 2 is 1.85 bits per heavy atom. The van der Waals surface area contributed by atoms with Crippen molar-refractivity contribution in [1.29, 1.82) is 0 Å². The summed E-state index contributed by atoms with van der Waals surface area (Å²) in [5.74, 6) is 1.89. The molecule has 10 heteroatoms. The lowest BCUT2D eigenvalue weighted by Gasteiger charge is -2.07. The number of rotatable bonds is 11. The van der Waals surface area contributed by atoms with Crippen LogP contribution in [0.2, 0.25) is 0 Å². The number of hydrogen-bond donors (Lipinski definition) is 3. The summed E-state index contributed by atoms with van der Waals surface area (Å²) in [6.07, 6.45) is 1.70. The first-order chi connectivity index (χ1) is 16.7. The number of imidazole rings is 1. The minimum absolute atomic E-state index is 0.228. The third-order valence-corrected chi connectivity index (χ3v) is 4.80. The first kappa shape index (κ1) is 23.0. The number of alkyl carbamates (subject to hydrolysis) is 1. The zero-order chi connectivity index (χ0) is 23.6. The molecule has 3 N–H and O–H groups in total. The van der Waals surface area contributed by atoms with Gasteiger partial charge in [-0.1, -0.05) is 30.3 Å². The molecule has 0 fully saturated rings. The van der Waals surface area contributed by atoms with Gasteiger partial charge < -0.3 is 29.8 Å². The summed E-state index contributed by atoms with van der Waals surface area (Å²) in [5, 5.41) is 5.88. The molecule has 176 valence electrons. The number of aromatic amines is 1.